The Morgan fingerprint density at radius 2 is 1.40 bits per heavy atom. The third-order valence-electron chi connectivity index (χ3n) is 4.06. The van der Waals surface area contributed by atoms with E-state index in [0.29, 0.717) is 11.5 Å². The van der Waals surface area contributed by atoms with Gasteiger partial charge in [-0.1, -0.05) is 0 Å². The van der Waals surface area contributed by atoms with Crippen LogP contribution in [0.25, 0.3) is 0 Å². The van der Waals surface area contributed by atoms with Crippen molar-refractivity contribution in [2.75, 3.05) is 6.61 Å². The molecule has 3 rings (SSSR count). The molecular weight excluding hydrogens is 387 g/mol. The molecule has 7 heteroatoms. The maximum absolute atomic E-state index is 12.9. The molecule has 0 saturated carbocycles. The molecule has 0 atom stereocenters. The first-order valence-corrected chi connectivity index (χ1v) is 8.68. The van der Waals surface area contributed by atoms with Gasteiger partial charge in [-0.15, -0.1) is 0 Å². The van der Waals surface area contributed by atoms with Crippen LogP contribution in [0.2, 0.25) is 0 Å². The van der Waals surface area contributed by atoms with Gasteiger partial charge in [-0.25, -0.2) is 9.18 Å². The van der Waals surface area contributed by atoms with E-state index in [1.54, 1.807) is 6.07 Å². The Bertz CT molecular complexity index is 1170. The van der Waals surface area contributed by atoms with Crippen LogP contribution in [0.3, 0.4) is 0 Å². The van der Waals surface area contributed by atoms with Gasteiger partial charge < -0.3 is 9.47 Å². The molecule has 30 heavy (non-hydrogen) atoms. The highest BCUT2D eigenvalue weighted by Gasteiger charge is 2.12. The number of carbonyl (C=O) groups excluding carboxylic acids is 2. The quantitative estimate of drug-likeness (QED) is 0.449. The molecule has 0 N–H and O–H groups in total. The lowest BCUT2D eigenvalue weighted by Crippen LogP contribution is -2.14. The Kier molecular flexibility index (Phi) is 6.17. The highest BCUT2D eigenvalue weighted by Crippen LogP contribution is 2.24. The third-order valence-corrected chi connectivity index (χ3v) is 4.06. The lowest BCUT2D eigenvalue weighted by Gasteiger charge is -2.08. The van der Waals surface area contributed by atoms with Gasteiger partial charge in [-0.2, -0.15) is 10.5 Å². The number of nitriles is 2. The van der Waals surface area contributed by atoms with Crippen LogP contribution in [-0.4, -0.2) is 18.4 Å². The van der Waals surface area contributed by atoms with Crippen molar-refractivity contribution >= 4 is 11.8 Å². The zero-order valence-electron chi connectivity index (χ0n) is 15.5. The van der Waals surface area contributed by atoms with Crippen molar-refractivity contribution < 1.29 is 23.5 Å². The van der Waals surface area contributed by atoms with Crippen LogP contribution in [-0.2, 0) is 4.74 Å². The minimum atomic E-state index is -0.692. The number of nitrogens with zero attached hydrogens (tertiary/aromatic N) is 2. The Balaban J connectivity index is 1.60. The number of esters is 1. The molecule has 0 spiro atoms. The van der Waals surface area contributed by atoms with Gasteiger partial charge >= 0.3 is 5.97 Å². The summed E-state index contributed by atoms with van der Waals surface area (Å²) in [6.45, 7) is -0.467. The summed E-state index contributed by atoms with van der Waals surface area (Å²) in [5.74, 6) is -0.830. The van der Waals surface area contributed by atoms with E-state index in [1.165, 1.54) is 48.5 Å². The smallest absolute Gasteiger partial charge is 0.338 e. The molecule has 0 fully saturated rings. The Labute approximate surface area is 171 Å². The highest BCUT2D eigenvalue weighted by atomic mass is 19.1. The topological polar surface area (TPSA) is 100 Å². The van der Waals surface area contributed by atoms with Crippen molar-refractivity contribution in [3.8, 4) is 23.6 Å². The number of carbonyl (C=O) groups is 2. The zero-order valence-corrected chi connectivity index (χ0v) is 15.5. The largest absolute Gasteiger partial charge is 0.457 e. The standard InChI is InChI=1S/C23H13FN2O4/c24-19-6-1-15(2-7-19)22(27)14-29-23(28)16-3-8-20(9-4-16)30-21-10-5-17(12-25)18(11-21)13-26/h1-11H,14H2. The lowest BCUT2D eigenvalue weighted by atomic mass is 10.1. The van der Waals surface area contributed by atoms with Crippen molar-refractivity contribution in [3.63, 3.8) is 0 Å². The van der Waals surface area contributed by atoms with E-state index in [1.807, 2.05) is 12.1 Å². The SMILES string of the molecule is N#Cc1ccc(Oc2ccc(C(=O)OCC(=O)c3ccc(F)cc3)cc2)cc1C#N. The Hall–Kier alpha value is -4.49. The number of ether oxygens (including phenoxy) is 2. The summed E-state index contributed by atoms with van der Waals surface area (Å²) in [7, 11) is 0. The number of halogens is 1. The van der Waals surface area contributed by atoms with Crippen LogP contribution in [0.5, 0.6) is 11.5 Å². The van der Waals surface area contributed by atoms with E-state index in [9.17, 15) is 14.0 Å². The minimum Gasteiger partial charge on any atom is -0.457 e. The average Bonchev–Trinajstić information content (AvgIpc) is 2.78. The fourth-order valence-electron chi connectivity index (χ4n) is 2.51. The zero-order chi connectivity index (χ0) is 21.5. The highest BCUT2D eigenvalue weighted by molar-refractivity contribution is 5.99. The van der Waals surface area contributed by atoms with Crippen LogP contribution in [0.15, 0.2) is 66.7 Å². The van der Waals surface area contributed by atoms with Crippen molar-refractivity contribution in [2.24, 2.45) is 0 Å². The summed E-state index contributed by atoms with van der Waals surface area (Å²) in [6, 6.07) is 19.3. The van der Waals surface area contributed by atoms with Gasteiger partial charge in [0.15, 0.2) is 12.4 Å². The Morgan fingerprint density at radius 1 is 0.800 bits per heavy atom. The fraction of sp³-hybridized carbons (Fsp3) is 0.0435. The predicted molar refractivity (Wildman–Crippen MR) is 103 cm³/mol. The molecule has 0 aromatic heterocycles. The van der Waals surface area contributed by atoms with Crippen LogP contribution < -0.4 is 4.74 Å². The minimum absolute atomic E-state index is 0.195. The lowest BCUT2D eigenvalue weighted by molar-refractivity contribution is 0.0474. The second-order valence-corrected chi connectivity index (χ2v) is 6.06. The fourth-order valence-corrected chi connectivity index (χ4v) is 2.51. The summed E-state index contributed by atoms with van der Waals surface area (Å²) < 4.78 is 23.5. The van der Waals surface area contributed by atoms with E-state index in [2.05, 4.69) is 0 Å². The summed E-state index contributed by atoms with van der Waals surface area (Å²) in [4.78, 5) is 24.1. The number of hydrogen-bond acceptors (Lipinski definition) is 6. The second-order valence-electron chi connectivity index (χ2n) is 6.06. The van der Waals surface area contributed by atoms with Crippen LogP contribution in [0, 0.1) is 28.5 Å². The first-order valence-electron chi connectivity index (χ1n) is 8.68. The third kappa shape index (κ3) is 4.86. The van der Waals surface area contributed by atoms with E-state index >= 15 is 0 Å². The van der Waals surface area contributed by atoms with Gasteiger partial charge in [-0.3, -0.25) is 4.79 Å². The second kappa shape index (κ2) is 9.13. The maximum atomic E-state index is 12.9. The molecule has 0 saturated heterocycles. The molecule has 3 aromatic carbocycles. The van der Waals surface area contributed by atoms with Crippen LogP contribution >= 0.6 is 0 Å². The first-order chi connectivity index (χ1) is 14.5. The van der Waals surface area contributed by atoms with E-state index in [0.717, 1.165) is 12.1 Å². The van der Waals surface area contributed by atoms with Crippen molar-refractivity contribution in [1.29, 1.82) is 10.5 Å². The van der Waals surface area contributed by atoms with Crippen LogP contribution in [0.1, 0.15) is 31.8 Å². The van der Waals surface area contributed by atoms with Gasteiger partial charge in [0.2, 0.25) is 0 Å². The monoisotopic (exact) mass is 400 g/mol. The Morgan fingerprint density at radius 3 is 2.03 bits per heavy atom. The molecule has 0 unspecified atom stereocenters. The summed E-state index contributed by atoms with van der Waals surface area (Å²) in [5.41, 5.74) is 0.901. The van der Waals surface area contributed by atoms with Gasteiger partial charge in [0, 0.05) is 5.56 Å². The number of rotatable bonds is 6. The van der Waals surface area contributed by atoms with Crippen molar-refractivity contribution in [2.45, 2.75) is 0 Å². The predicted octanol–water partition coefficient (Wildman–Crippen LogP) is 4.40. The van der Waals surface area contributed by atoms with Crippen molar-refractivity contribution in [3.05, 3.63) is 94.8 Å². The number of hydrogen-bond donors (Lipinski definition) is 0. The molecule has 0 aliphatic carbocycles. The molecule has 0 bridgehead atoms. The van der Waals surface area contributed by atoms with Crippen molar-refractivity contribution in [1.82, 2.24) is 0 Å². The molecule has 0 aliphatic heterocycles. The number of Topliss-reactive ketones (excluding diaryl/α,β-unsaturated/α-hetero) is 1. The van der Waals surface area contributed by atoms with Gasteiger partial charge in [0.05, 0.1) is 16.7 Å². The molecule has 0 heterocycles. The molecule has 0 aliphatic rings. The number of ketones is 1. The van der Waals surface area contributed by atoms with Gasteiger partial charge in [-0.05, 0) is 66.7 Å². The molecule has 6 nitrogen and oxygen atoms in total. The van der Waals surface area contributed by atoms with Gasteiger partial charge in [0.1, 0.15) is 29.5 Å². The first kappa shape index (κ1) is 20.2. The summed E-state index contributed by atoms with van der Waals surface area (Å²) in [5, 5.41) is 18.0. The summed E-state index contributed by atoms with van der Waals surface area (Å²) in [6.07, 6.45) is 0. The van der Waals surface area contributed by atoms with Gasteiger partial charge in [0.25, 0.3) is 0 Å². The molecule has 3 aromatic rings. The normalized spacial score (nSPS) is 9.83. The maximum Gasteiger partial charge on any atom is 0.338 e. The number of benzene rings is 3. The molecular formula is C23H13FN2O4. The average molecular weight is 400 g/mol. The molecule has 0 amide bonds. The van der Waals surface area contributed by atoms with Crippen LogP contribution in [0.4, 0.5) is 4.39 Å². The van der Waals surface area contributed by atoms with E-state index in [-0.39, 0.29) is 22.3 Å². The summed E-state index contributed by atoms with van der Waals surface area (Å²) >= 11 is 0. The molecule has 0 radical (unpaired) electrons. The van der Waals surface area contributed by atoms with E-state index in [4.69, 9.17) is 20.0 Å². The van der Waals surface area contributed by atoms with E-state index < -0.39 is 24.2 Å². The molecule has 146 valence electrons.